The number of carbonyl (C=O) groups is 4. The number of unbranched alkanes of at least 4 members (excludes halogenated alkanes) is 33. The highest BCUT2D eigenvalue weighted by Gasteiger charge is 2.30. The van der Waals surface area contributed by atoms with Crippen LogP contribution in [0, 0.1) is 17.8 Å². The van der Waals surface area contributed by atoms with Crippen LogP contribution in [0.1, 0.15) is 331 Å². The molecule has 0 aliphatic rings. The molecule has 5 atom stereocenters. The minimum atomic E-state index is -4.95. The molecule has 0 rings (SSSR count). The zero-order valence-electron chi connectivity index (χ0n) is 55.8. The molecule has 0 fully saturated rings. The van der Waals surface area contributed by atoms with Crippen molar-refractivity contribution >= 4 is 39.5 Å². The van der Waals surface area contributed by atoms with Crippen LogP contribution in [0.15, 0.2) is 0 Å². The number of phosphoric ester groups is 2. The summed E-state index contributed by atoms with van der Waals surface area (Å²) in [6, 6.07) is 0. The van der Waals surface area contributed by atoms with Crippen molar-refractivity contribution in [2.24, 2.45) is 17.8 Å². The molecule has 510 valence electrons. The Labute approximate surface area is 524 Å². The van der Waals surface area contributed by atoms with Gasteiger partial charge < -0.3 is 33.8 Å². The number of hydrogen-bond acceptors (Lipinski definition) is 15. The molecule has 19 heteroatoms. The van der Waals surface area contributed by atoms with Crippen LogP contribution < -0.4 is 0 Å². The van der Waals surface area contributed by atoms with Gasteiger partial charge in [-0.15, -0.1) is 0 Å². The van der Waals surface area contributed by atoms with Crippen LogP contribution in [0.3, 0.4) is 0 Å². The maximum atomic E-state index is 13.0. The van der Waals surface area contributed by atoms with E-state index >= 15 is 0 Å². The Kier molecular flexibility index (Phi) is 56.9. The van der Waals surface area contributed by atoms with Gasteiger partial charge in [0.1, 0.15) is 19.3 Å². The second-order valence-corrected chi connectivity index (χ2v) is 28.5. The number of phosphoric acid groups is 2. The SMILES string of the molecule is CCCCCCCCCCC(=O)OC[C@H](COP(=O)(O)OC[C@H](O)COP(=O)(O)OC[C@@H](COC(=O)CCCCCCCCCCCC(C)C)OC(=O)CCCCCCCCCCCCCC(C)C)OC(=O)CCCCCCCCCCCC(C)C. The van der Waals surface area contributed by atoms with E-state index in [2.05, 4.69) is 48.5 Å². The lowest BCUT2D eigenvalue weighted by Gasteiger charge is -2.21. The zero-order chi connectivity index (χ0) is 63.8. The molecule has 0 aliphatic heterocycles. The first kappa shape index (κ1) is 84.1. The molecule has 2 unspecified atom stereocenters. The van der Waals surface area contributed by atoms with E-state index < -0.39 is 97.5 Å². The predicted molar refractivity (Wildman–Crippen MR) is 344 cm³/mol. The third-order valence-corrected chi connectivity index (χ3v) is 17.3. The molecule has 0 amide bonds. The van der Waals surface area contributed by atoms with Crippen LogP contribution >= 0.6 is 15.6 Å². The summed E-state index contributed by atoms with van der Waals surface area (Å²) in [5, 5.41) is 10.6. The Morgan fingerprint density at radius 2 is 0.535 bits per heavy atom. The van der Waals surface area contributed by atoms with Crippen LogP contribution in [0.2, 0.25) is 0 Å². The highest BCUT2D eigenvalue weighted by Crippen LogP contribution is 2.45. The van der Waals surface area contributed by atoms with E-state index in [1.54, 1.807) is 0 Å². The maximum absolute atomic E-state index is 13.0. The molecule has 0 aromatic carbocycles. The first-order valence-electron chi connectivity index (χ1n) is 34.8. The summed E-state index contributed by atoms with van der Waals surface area (Å²) in [4.78, 5) is 72.3. The number of aliphatic hydroxyl groups excluding tert-OH is 1. The van der Waals surface area contributed by atoms with Crippen molar-refractivity contribution in [3.8, 4) is 0 Å². The van der Waals surface area contributed by atoms with Crippen molar-refractivity contribution < 1.29 is 80.2 Å². The topological polar surface area (TPSA) is 237 Å². The minimum Gasteiger partial charge on any atom is -0.462 e. The van der Waals surface area contributed by atoms with Crippen LogP contribution in [-0.2, 0) is 65.4 Å². The van der Waals surface area contributed by atoms with Crippen molar-refractivity contribution in [1.82, 2.24) is 0 Å². The van der Waals surface area contributed by atoms with E-state index in [0.29, 0.717) is 25.7 Å². The normalized spacial score (nSPS) is 14.3. The molecule has 0 saturated heterocycles. The zero-order valence-corrected chi connectivity index (χ0v) is 57.6. The summed E-state index contributed by atoms with van der Waals surface area (Å²) in [6.07, 6.45) is 40.3. The van der Waals surface area contributed by atoms with Gasteiger partial charge in [0.15, 0.2) is 12.2 Å². The third-order valence-electron chi connectivity index (χ3n) is 15.4. The number of carbonyl (C=O) groups excluding carboxylic acids is 4. The average Bonchev–Trinajstić information content (AvgIpc) is 3.58. The van der Waals surface area contributed by atoms with Crippen LogP contribution in [-0.4, -0.2) is 96.7 Å². The van der Waals surface area contributed by atoms with Gasteiger partial charge in [0.25, 0.3) is 0 Å². The van der Waals surface area contributed by atoms with Crippen molar-refractivity contribution in [2.45, 2.75) is 349 Å². The molecule has 0 aliphatic carbocycles. The third kappa shape index (κ3) is 60.9. The summed E-state index contributed by atoms with van der Waals surface area (Å²) in [5.41, 5.74) is 0. The van der Waals surface area contributed by atoms with Crippen molar-refractivity contribution in [3.63, 3.8) is 0 Å². The summed E-state index contributed by atoms with van der Waals surface area (Å²) < 4.78 is 68.1. The lowest BCUT2D eigenvalue weighted by atomic mass is 10.0. The lowest BCUT2D eigenvalue weighted by Crippen LogP contribution is -2.30. The van der Waals surface area contributed by atoms with Crippen molar-refractivity contribution in [1.29, 1.82) is 0 Å². The molecule has 0 heterocycles. The molecule has 86 heavy (non-hydrogen) atoms. The second kappa shape index (κ2) is 58.2. The Morgan fingerprint density at radius 3 is 0.791 bits per heavy atom. The van der Waals surface area contributed by atoms with Gasteiger partial charge >= 0.3 is 39.5 Å². The van der Waals surface area contributed by atoms with E-state index in [1.165, 1.54) is 135 Å². The summed E-state index contributed by atoms with van der Waals surface area (Å²) >= 11 is 0. The molecule has 0 spiro atoms. The molecular weight excluding hydrogens is 1140 g/mol. The number of hydrogen-bond donors (Lipinski definition) is 3. The average molecular weight is 1270 g/mol. The molecule has 17 nitrogen and oxygen atoms in total. The Hall–Kier alpha value is -1.94. The van der Waals surface area contributed by atoms with E-state index in [1.807, 2.05) is 0 Å². The quantitative estimate of drug-likeness (QED) is 0.0222. The van der Waals surface area contributed by atoms with E-state index in [-0.39, 0.29) is 25.7 Å². The van der Waals surface area contributed by atoms with Gasteiger partial charge in [-0.3, -0.25) is 37.3 Å². The lowest BCUT2D eigenvalue weighted by molar-refractivity contribution is -0.161. The standard InChI is InChI=1S/C67H130O17P2/c1-8-9-10-11-12-27-34-41-48-64(69)77-54-62(84-67(72)51-44-37-30-23-17-20-26-33-40-47-60(6)7)56-81-85(73,74)79-52-61(68)53-80-86(75,76)82-57-63(55-78-65(70)49-42-35-28-22-16-19-25-32-39-46-59(4)5)83-66(71)50-43-36-29-21-15-13-14-18-24-31-38-45-58(2)3/h58-63,68H,8-57H2,1-7H3,(H,73,74)(H,75,76)/t61-,62+,63+/m0/s1. The molecule has 3 N–H and O–H groups in total. The van der Waals surface area contributed by atoms with Gasteiger partial charge in [0, 0.05) is 25.7 Å². The van der Waals surface area contributed by atoms with Gasteiger partial charge in [-0.05, 0) is 43.4 Å². The number of rotatable bonds is 65. The summed E-state index contributed by atoms with van der Waals surface area (Å²) in [7, 11) is -9.89. The Morgan fingerprint density at radius 1 is 0.314 bits per heavy atom. The molecule has 0 bridgehead atoms. The molecule has 0 aromatic heterocycles. The Bertz CT molecular complexity index is 1700. The Balaban J connectivity index is 5.24. The van der Waals surface area contributed by atoms with Crippen molar-refractivity contribution in [2.75, 3.05) is 39.6 Å². The highest BCUT2D eigenvalue weighted by atomic mass is 31.2. The molecule has 0 radical (unpaired) electrons. The first-order valence-corrected chi connectivity index (χ1v) is 37.8. The van der Waals surface area contributed by atoms with Gasteiger partial charge in [-0.25, -0.2) is 9.13 Å². The predicted octanol–water partition coefficient (Wildman–Crippen LogP) is 18.7. The fourth-order valence-corrected chi connectivity index (χ4v) is 11.6. The van der Waals surface area contributed by atoms with Crippen LogP contribution in [0.5, 0.6) is 0 Å². The summed E-state index contributed by atoms with van der Waals surface area (Å²) in [6.45, 7) is 11.8. The number of ether oxygens (including phenoxy) is 4. The van der Waals surface area contributed by atoms with Crippen LogP contribution in [0.25, 0.3) is 0 Å². The molecular formula is C67H130O17P2. The highest BCUT2D eigenvalue weighted by molar-refractivity contribution is 7.47. The molecule has 0 aromatic rings. The van der Waals surface area contributed by atoms with Gasteiger partial charge in [0.2, 0.25) is 0 Å². The van der Waals surface area contributed by atoms with E-state index in [4.69, 9.17) is 37.0 Å². The molecule has 0 saturated carbocycles. The van der Waals surface area contributed by atoms with Gasteiger partial charge in [-0.2, -0.15) is 0 Å². The van der Waals surface area contributed by atoms with E-state index in [0.717, 1.165) is 114 Å². The minimum absolute atomic E-state index is 0.105. The monoisotopic (exact) mass is 1270 g/mol. The fourth-order valence-electron chi connectivity index (χ4n) is 10.0. The largest absolute Gasteiger partial charge is 0.472 e. The maximum Gasteiger partial charge on any atom is 0.472 e. The van der Waals surface area contributed by atoms with Gasteiger partial charge in [0.05, 0.1) is 26.4 Å². The van der Waals surface area contributed by atoms with Crippen molar-refractivity contribution in [3.05, 3.63) is 0 Å². The first-order chi connectivity index (χ1) is 41.2. The van der Waals surface area contributed by atoms with Crippen LogP contribution in [0.4, 0.5) is 0 Å². The van der Waals surface area contributed by atoms with E-state index in [9.17, 15) is 43.2 Å². The second-order valence-electron chi connectivity index (χ2n) is 25.6. The number of esters is 4. The smallest absolute Gasteiger partial charge is 0.462 e. The number of aliphatic hydroxyl groups is 1. The fraction of sp³-hybridized carbons (Fsp3) is 0.940. The summed E-state index contributed by atoms with van der Waals surface area (Å²) in [5.74, 6) is 0.112. The van der Waals surface area contributed by atoms with Gasteiger partial charge in [-0.1, -0.05) is 280 Å².